The molecule has 0 saturated carbocycles. The van der Waals surface area contributed by atoms with Crippen molar-refractivity contribution in [3.8, 4) is 0 Å². The van der Waals surface area contributed by atoms with Gasteiger partial charge in [-0.1, -0.05) is 6.92 Å². The third kappa shape index (κ3) is 2.96. The van der Waals surface area contributed by atoms with E-state index in [1.165, 1.54) is 6.07 Å². The molecule has 2 N–H and O–H groups in total. The molecule has 25 heavy (non-hydrogen) atoms. The molecule has 0 bridgehead atoms. The van der Waals surface area contributed by atoms with Crippen LogP contribution in [0.15, 0.2) is 34.1 Å². The minimum absolute atomic E-state index is 0.111. The zero-order chi connectivity index (χ0) is 18.8. The normalized spacial score (nSPS) is 20.0. The largest absolute Gasteiger partial charge is 0.295 e. The molecule has 3 rings (SSSR count). The predicted octanol–water partition coefficient (Wildman–Crippen LogP) is 2.41. The Morgan fingerprint density at radius 3 is 2.20 bits per heavy atom. The summed E-state index contributed by atoms with van der Waals surface area (Å²) in [5.74, 6) is 0.111. The monoisotopic (exact) mass is 386 g/mol. The van der Waals surface area contributed by atoms with E-state index in [2.05, 4.69) is 0 Å². The summed E-state index contributed by atoms with van der Waals surface area (Å²) in [5.41, 5.74) is 1.83. The van der Waals surface area contributed by atoms with Crippen molar-refractivity contribution in [3.63, 3.8) is 0 Å². The zero-order valence-electron chi connectivity index (χ0n) is 14.1. The molecule has 0 aromatic heterocycles. The molecular formula is C16H20NO6S2+. The van der Waals surface area contributed by atoms with Crippen LogP contribution in [0.3, 0.4) is 0 Å². The summed E-state index contributed by atoms with van der Waals surface area (Å²) < 4.78 is 66.3. The molecule has 0 fully saturated rings. The number of nitrogens with zero attached hydrogens (tertiary/aromatic N) is 1. The summed E-state index contributed by atoms with van der Waals surface area (Å²) in [6.45, 7) is 2.80. The summed E-state index contributed by atoms with van der Waals surface area (Å²) in [6, 6.07) is 5.46. The van der Waals surface area contributed by atoms with Crippen molar-refractivity contribution < 1.29 is 25.9 Å². The van der Waals surface area contributed by atoms with Crippen molar-refractivity contribution in [2.75, 3.05) is 20.6 Å². The number of quaternary nitrogens is 1. The molecule has 1 atom stereocenters. The lowest BCUT2D eigenvalue weighted by atomic mass is 9.93. The van der Waals surface area contributed by atoms with Gasteiger partial charge in [0.25, 0.3) is 20.2 Å². The number of likely N-dealkylation sites (N-methyl/N-ethyl adjacent to an activating group) is 1. The van der Waals surface area contributed by atoms with Gasteiger partial charge in [0.05, 0.1) is 25.5 Å². The summed E-state index contributed by atoms with van der Waals surface area (Å²) >= 11 is 0. The van der Waals surface area contributed by atoms with E-state index < -0.39 is 30.0 Å². The first-order valence-corrected chi connectivity index (χ1v) is 10.6. The first kappa shape index (κ1) is 18.3. The van der Waals surface area contributed by atoms with E-state index in [9.17, 15) is 25.9 Å². The predicted molar refractivity (Wildman–Crippen MR) is 95.1 cm³/mol. The number of rotatable bonds is 3. The van der Waals surface area contributed by atoms with E-state index in [0.29, 0.717) is 9.87 Å². The van der Waals surface area contributed by atoms with Crippen LogP contribution in [0.4, 0.5) is 5.69 Å². The highest BCUT2D eigenvalue weighted by molar-refractivity contribution is 7.86. The molecule has 9 heteroatoms. The van der Waals surface area contributed by atoms with Crippen molar-refractivity contribution in [2.24, 2.45) is 0 Å². The molecule has 1 aliphatic heterocycles. The second kappa shape index (κ2) is 5.49. The Hall–Kier alpha value is -1.52. The Bertz CT molecular complexity index is 1090. The molecule has 1 heterocycles. The molecule has 0 aliphatic carbocycles. The van der Waals surface area contributed by atoms with Crippen molar-refractivity contribution >= 4 is 36.7 Å². The van der Waals surface area contributed by atoms with Gasteiger partial charge < -0.3 is 0 Å². The lowest BCUT2D eigenvalue weighted by Crippen LogP contribution is -2.38. The van der Waals surface area contributed by atoms with Gasteiger partial charge in [0.2, 0.25) is 0 Å². The van der Waals surface area contributed by atoms with E-state index in [-0.39, 0.29) is 11.3 Å². The fourth-order valence-electron chi connectivity index (χ4n) is 3.78. The smallest absolute Gasteiger partial charge is 0.295 e. The summed E-state index contributed by atoms with van der Waals surface area (Å²) in [6.07, 6.45) is 0.797. The van der Waals surface area contributed by atoms with E-state index in [0.717, 1.165) is 30.3 Å². The lowest BCUT2D eigenvalue weighted by Gasteiger charge is -2.24. The maximum absolute atomic E-state index is 11.8. The highest BCUT2D eigenvalue weighted by Crippen LogP contribution is 2.46. The van der Waals surface area contributed by atoms with Gasteiger partial charge in [0.1, 0.15) is 10.6 Å². The van der Waals surface area contributed by atoms with Crippen LogP contribution < -0.4 is 4.48 Å². The highest BCUT2D eigenvalue weighted by atomic mass is 32.2. The molecule has 0 spiro atoms. The third-order valence-electron chi connectivity index (χ3n) is 4.90. The summed E-state index contributed by atoms with van der Waals surface area (Å²) in [5, 5.41) is 0.671. The fourth-order valence-corrected chi connectivity index (χ4v) is 5.12. The van der Waals surface area contributed by atoms with Gasteiger partial charge in [-0.3, -0.25) is 13.6 Å². The van der Waals surface area contributed by atoms with Gasteiger partial charge in [0, 0.05) is 22.9 Å². The van der Waals surface area contributed by atoms with Crippen LogP contribution >= 0.6 is 0 Å². The molecule has 136 valence electrons. The van der Waals surface area contributed by atoms with Gasteiger partial charge in [0.15, 0.2) is 0 Å². The molecule has 7 nitrogen and oxygen atoms in total. The second-order valence-corrected chi connectivity index (χ2v) is 9.75. The highest BCUT2D eigenvalue weighted by Gasteiger charge is 2.39. The first-order chi connectivity index (χ1) is 11.4. The SMILES string of the molecule is CCC1C[N+](C)(C)c2ccc3c(S(=O)(=O)O)cc(S(=O)(=O)O)cc3c21. The maximum atomic E-state index is 11.8. The van der Waals surface area contributed by atoms with Crippen LogP contribution in [0.5, 0.6) is 0 Å². The number of benzene rings is 2. The molecule has 1 aliphatic rings. The Labute approximate surface area is 147 Å². The third-order valence-corrected chi connectivity index (χ3v) is 6.62. The minimum atomic E-state index is -4.66. The Morgan fingerprint density at radius 2 is 1.68 bits per heavy atom. The van der Waals surface area contributed by atoms with Crippen molar-refractivity contribution in [2.45, 2.75) is 29.1 Å². The summed E-state index contributed by atoms with van der Waals surface area (Å²) in [4.78, 5) is -1.07. The van der Waals surface area contributed by atoms with Gasteiger partial charge in [-0.2, -0.15) is 16.8 Å². The van der Waals surface area contributed by atoms with E-state index in [1.807, 2.05) is 27.1 Å². The molecule has 0 amide bonds. The first-order valence-electron chi connectivity index (χ1n) is 7.75. The quantitative estimate of drug-likeness (QED) is 0.619. The van der Waals surface area contributed by atoms with Crippen LogP contribution in [0.1, 0.15) is 24.8 Å². The summed E-state index contributed by atoms with van der Waals surface area (Å²) in [7, 11) is -5.24. The van der Waals surface area contributed by atoms with Gasteiger partial charge in [-0.25, -0.2) is 0 Å². The minimum Gasteiger partial charge on any atom is -0.295 e. The molecular weight excluding hydrogens is 366 g/mol. The average Bonchev–Trinajstić information content (AvgIpc) is 2.75. The Kier molecular flexibility index (Phi) is 4.01. The maximum Gasteiger partial charge on any atom is 0.295 e. The van der Waals surface area contributed by atoms with Gasteiger partial charge >= 0.3 is 0 Å². The van der Waals surface area contributed by atoms with E-state index >= 15 is 0 Å². The Morgan fingerprint density at radius 1 is 1.04 bits per heavy atom. The standard InChI is InChI=1S/C16H19NO6S2/c1-4-10-9-17(2,3)14-6-5-12-13(16(10)14)7-11(24(18,19)20)8-15(12)25(21,22)23/h5-8,10H,4,9H2,1-3H3,(H-,18,19,20,21,22,23)/p+1. The Balaban J connectivity index is 2.54. The van der Waals surface area contributed by atoms with Gasteiger partial charge in [-0.05, 0) is 30.0 Å². The molecule has 1 unspecified atom stereocenters. The van der Waals surface area contributed by atoms with Crippen LogP contribution in [-0.4, -0.2) is 46.6 Å². The zero-order valence-corrected chi connectivity index (χ0v) is 15.7. The molecule has 2 aromatic carbocycles. The van der Waals surface area contributed by atoms with Crippen molar-refractivity contribution in [1.82, 2.24) is 4.48 Å². The van der Waals surface area contributed by atoms with Crippen LogP contribution in [-0.2, 0) is 20.2 Å². The molecule has 0 radical (unpaired) electrons. The molecule has 0 saturated heterocycles. The van der Waals surface area contributed by atoms with Crippen LogP contribution in [0.25, 0.3) is 10.8 Å². The topological polar surface area (TPSA) is 109 Å². The number of hydrogen-bond acceptors (Lipinski definition) is 4. The van der Waals surface area contributed by atoms with Crippen LogP contribution in [0, 0.1) is 0 Å². The van der Waals surface area contributed by atoms with Gasteiger partial charge in [-0.15, -0.1) is 0 Å². The van der Waals surface area contributed by atoms with E-state index in [4.69, 9.17) is 0 Å². The number of fused-ring (bicyclic) bond motifs is 3. The van der Waals surface area contributed by atoms with Crippen molar-refractivity contribution in [3.05, 3.63) is 29.8 Å². The lowest BCUT2D eigenvalue weighted by molar-refractivity contribution is 0.401. The number of hydrogen-bond donors (Lipinski definition) is 2. The van der Waals surface area contributed by atoms with E-state index in [1.54, 1.807) is 6.07 Å². The van der Waals surface area contributed by atoms with Crippen molar-refractivity contribution in [1.29, 1.82) is 0 Å². The molecule has 2 aromatic rings. The second-order valence-electron chi connectivity index (χ2n) is 6.94. The van der Waals surface area contributed by atoms with Crippen LogP contribution in [0.2, 0.25) is 0 Å². The average molecular weight is 386 g/mol. The fraction of sp³-hybridized carbons (Fsp3) is 0.375.